The van der Waals surface area contributed by atoms with Crippen LogP contribution in [0.4, 0.5) is 24.1 Å². The number of benzene rings is 1. The number of fused-ring (bicyclic) bond motifs is 7. The van der Waals surface area contributed by atoms with Gasteiger partial charge in [0.05, 0.1) is 18.2 Å². The first-order valence-electron chi connectivity index (χ1n) is 25.9. The number of halogens is 2. The molecule has 4 fully saturated rings. The fourth-order valence-electron chi connectivity index (χ4n) is 11.9. The summed E-state index contributed by atoms with van der Waals surface area (Å²) in [6, 6.07) is 1.82. The number of Topliss-reactive ketones (excluding diaryl/α,β-unsaturated/α-hetero) is 1. The number of nitrogens with two attached hydrogens (primary N) is 2. The summed E-state index contributed by atoms with van der Waals surface area (Å²) in [6.07, 6.45) is -1.87. The number of hydrogen-bond donors (Lipinski definition) is 10. The maximum absolute atomic E-state index is 17.8. The molecule has 0 radical (unpaired) electrons. The second-order valence-electron chi connectivity index (χ2n) is 21.2. The molecular formula is C52H72F2N8O15. The van der Waals surface area contributed by atoms with Crippen molar-refractivity contribution in [3.8, 4) is 0 Å². The van der Waals surface area contributed by atoms with Crippen molar-refractivity contribution in [2.75, 3.05) is 31.7 Å². The van der Waals surface area contributed by atoms with Crippen LogP contribution in [0, 0.1) is 28.6 Å². The van der Waals surface area contributed by atoms with Crippen molar-refractivity contribution in [3.63, 3.8) is 0 Å². The lowest BCUT2D eigenvalue weighted by molar-refractivity contribution is -0.235. The van der Waals surface area contributed by atoms with E-state index >= 15 is 8.78 Å². The van der Waals surface area contributed by atoms with Crippen molar-refractivity contribution < 1.29 is 81.1 Å². The molecule has 13 atom stereocenters. The second-order valence-corrected chi connectivity index (χ2v) is 21.2. The molecule has 7 amide bonds. The van der Waals surface area contributed by atoms with Gasteiger partial charge in [0.25, 0.3) is 0 Å². The Bertz CT molecular complexity index is 2480. The highest BCUT2D eigenvalue weighted by Gasteiger charge is 2.80. The SMILES string of the molecule is CCCC1O[C@@H]2C[C@H]3[C@@H]4C[C@H](F)C5=CC(=O)C=C[C@]5(C)[C@@]4(F)[C@@H](O)C[C@]3(C)[C@]2(C(=O)COCNC(=O)CNC(=O)OCc2ccc(NC(=O)[C@H](CCCNC(N)=O)NC(=O)[C@@H](NC(=O)[C@H](N)CCC(=O)O)C(C)C)cc2)O1. The quantitative estimate of drug-likeness (QED) is 0.0494. The van der Waals surface area contributed by atoms with Gasteiger partial charge in [-0.05, 0) is 99.1 Å². The maximum atomic E-state index is 17.8. The Morgan fingerprint density at radius 2 is 1.66 bits per heavy atom. The van der Waals surface area contributed by atoms with Gasteiger partial charge in [-0.25, -0.2) is 18.4 Å². The number of rotatable bonds is 25. The number of carbonyl (C=O) groups excluding carboxylic acids is 8. The summed E-state index contributed by atoms with van der Waals surface area (Å²) in [7, 11) is 0. The Morgan fingerprint density at radius 3 is 2.32 bits per heavy atom. The monoisotopic (exact) mass is 1090 g/mol. The molecular weight excluding hydrogens is 1010 g/mol. The van der Waals surface area contributed by atoms with Crippen molar-refractivity contribution in [2.24, 2.45) is 40.1 Å². The average molecular weight is 1090 g/mol. The number of anilines is 1. The largest absolute Gasteiger partial charge is 0.481 e. The number of ketones is 2. The molecule has 12 N–H and O–H groups in total. The van der Waals surface area contributed by atoms with Crippen molar-refractivity contribution in [3.05, 3.63) is 53.6 Å². The van der Waals surface area contributed by atoms with Crippen molar-refractivity contribution in [1.29, 1.82) is 0 Å². The number of allylic oxidation sites excluding steroid dienone is 4. The number of aliphatic hydroxyl groups is 1. The number of carboxylic acids is 1. The van der Waals surface area contributed by atoms with Crippen LogP contribution >= 0.6 is 0 Å². The maximum Gasteiger partial charge on any atom is 0.407 e. The number of urea groups is 1. The van der Waals surface area contributed by atoms with Crippen LogP contribution in [0.15, 0.2) is 48.1 Å². The van der Waals surface area contributed by atoms with Gasteiger partial charge in [-0.1, -0.05) is 52.3 Å². The Labute approximate surface area is 444 Å². The summed E-state index contributed by atoms with van der Waals surface area (Å²) in [6.45, 7) is 6.72. The highest BCUT2D eigenvalue weighted by molar-refractivity contribution is 6.01. The first kappa shape index (κ1) is 59.8. The van der Waals surface area contributed by atoms with Crippen LogP contribution in [0.1, 0.15) is 98.0 Å². The van der Waals surface area contributed by atoms with Crippen molar-refractivity contribution in [1.82, 2.24) is 26.6 Å². The molecule has 0 spiro atoms. The number of aliphatic carboxylic acids is 1. The fourth-order valence-corrected chi connectivity index (χ4v) is 11.9. The molecule has 3 saturated carbocycles. The van der Waals surface area contributed by atoms with Crippen molar-refractivity contribution in [2.45, 2.75) is 153 Å². The van der Waals surface area contributed by atoms with E-state index in [1.165, 1.54) is 31.2 Å². The molecule has 4 aliphatic carbocycles. The van der Waals surface area contributed by atoms with Gasteiger partial charge in [0.1, 0.15) is 44.7 Å². The number of hydrogen-bond acceptors (Lipinski definition) is 15. The van der Waals surface area contributed by atoms with E-state index in [1.807, 2.05) is 6.92 Å². The zero-order chi connectivity index (χ0) is 56.6. The zero-order valence-corrected chi connectivity index (χ0v) is 43.8. The number of alkyl halides is 2. The lowest BCUT2D eigenvalue weighted by Crippen LogP contribution is -2.71. The van der Waals surface area contributed by atoms with E-state index in [0.29, 0.717) is 24.1 Å². The number of aliphatic hydroxyl groups excluding tert-OH is 1. The minimum atomic E-state index is -2.37. The lowest BCUT2D eigenvalue weighted by atomic mass is 9.44. The average Bonchev–Trinajstić information content (AvgIpc) is 3.86. The summed E-state index contributed by atoms with van der Waals surface area (Å²) in [5, 5.41) is 35.8. The minimum absolute atomic E-state index is 0.0175. The second kappa shape index (κ2) is 24.9. The topological polar surface area (TPSA) is 355 Å². The Balaban J connectivity index is 0.972. The molecule has 23 nitrogen and oxygen atoms in total. The van der Waals surface area contributed by atoms with Gasteiger partial charge in [0.2, 0.25) is 23.6 Å². The molecule has 1 aromatic carbocycles. The molecule has 6 rings (SSSR count). The summed E-state index contributed by atoms with van der Waals surface area (Å²) < 4.78 is 57.5. The molecule has 1 unspecified atom stereocenters. The van der Waals surface area contributed by atoms with Crippen LogP contribution in [0.3, 0.4) is 0 Å². The molecule has 1 saturated heterocycles. The van der Waals surface area contributed by atoms with E-state index in [9.17, 15) is 48.3 Å². The van der Waals surface area contributed by atoms with Crippen LogP contribution in [0.5, 0.6) is 0 Å². The molecule has 1 aromatic rings. The smallest absolute Gasteiger partial charge is 0.407 e. The van der Waals surface area contributed by atoms with Crippen LogP contribution < -0.4 is 43.4 Å². The molecule has 25 heteroatoms. The molecule has 0 aromatic heterocycles. The van der Waals surface area contributed by atoms with Gasteiger partial charge in [-0.2, -0.15) is 0 Å². The summed E-state index contributed by atoms with van der Waals surface area (Å²) in [4.78, 5) is 114. The van der Waals surface area contributed by atoms with Crippen LogP contribution in [-0.2, 0) is 59.1 Å². The van der Waals surface area contributed by atoms with Crippen molar-refractivity contribution >= 4 is 59.0 Å². The van der Waals surface area contributed by atoms with E-state index in [2.05, 4.69) is 31.9 Å². The van der Waals surface area contributed by atoms with Crippen LogP contribution in [-0.4, -0.2) is 144 Å². The highest BCUT2D eigenvalue weighted by Crippen LogP contribution is 2.72. The van der Waals surface area contributed by atoms with E-state index in [-0.39, 0.29) is 63.7 Å². The third-order valence-electron chi connectivity index (χ3n) is 15.8. The predicted molar refractivity (Wildman–Crippen MR) is 269 cm³/mol. The number of carboxylic acid groups (broad SMARTS) is 1. The summed E-state index contributed by atoms with van der Waals surface area (Å²) in [5.74, 6) is -7.18. The summed E-state index contributed by atoms with van der Waals surface area (Å²) >= 11 is 0. The molecule has 77 heavy (non-hydrogen) atoms. The van der Waals surface area contributed by atoms with E-state index in [1.54, 1.807) is 32.9 Å². The van der Waals surface area contributed by atoms with Gasteiger partial charge in [-0.3, -0.25) is 33.6 Å². The first-order valence-corrected chi connectivity index (χ1v) is 25.9. The summed E-state index contributed by atoms with van der Waals surface area (Å²) in [5.41, 5.74) is 4.82. The lowest BCUT2D eigenvalue weighted by Gasteiger charge is -2.63. The Kier molecular flexibility index (Phi) is 19.4. The van der Waals surface area contributed by atoms with Gasteiger partial charge >= 0.3 is 18.1 Å². The van der Waals surface area contributed by atoms with Crippen LogP contribution in [0.2, 0.25) is 0 Å². The number of nitrogens with one attached hydrogen (secondary N) is 6. The van der Waals surface area contributed by atoms with Crippen LogP contribution in [0.25, 0.3) is 0 Å². The number of ether oxygens (including phenoxy) is 4. The highest BCUT2D eigenvalue weighted by atomic mass is 19.1. The van der Waals surface area contributed by atoms with Gasteiger partial charge in [-0.15, -0.1) is 0 Å². The van der Waals surface area contributed by atoms with Gasteiger partial charge < -0.3 is 72.5 Å². The predicted octanol–water partition coefficient (Wildman–Crippen LogP) is 1.99. The number of primary amides is 1. The third kappa shape index (κ3) is 12.8. The number of carbonyl (C=O) groups is 9. The molecule has 1 aliphatic heterocycles. The molecule has 424 valence electrons. The van der Waals surface area contributed by atoms with E-state index in [4.69, 9.17) is 35.5 Å². The first-order chi connectivity index (χ1) is 36.3. The molecule has 0 bridgehead atoms. The standard InChI is InChI=1S/C52H72F2N8O15/c1-6-8-42-76-39-21-31-32-20-34(53)33-19-30(63)16-17-49(33,4)51(32,54)37(64)22-50(31,5)52(39,77-42)38(65)25-74-26-59-40(66)23-58-48(73)75-24-28-10-12-29(13-11-28)60-45(70)36(9-7-18-57-47(56)72)61-46(71)43(27(2)3)62-44(69)35(55)14-15-41(67)68/h10-13,16-17,19,27,31-32,34-37,39,42-43,64H,6-9,14-15,18,20-26,55H2,1-5H3,(H,58,73)(H,59,66)(H,60,70)(H,61,71)(H,62,69)(H,67,68)(H3,56,57,72)/t31-,32-,34-,35+,36-,37-,39+,42?,43-,49-,50-,51-,52+/m0/s1. The number of alkyl carbamates (subject to hydrolysis) is 1. The Morgan fingerprint density at radius 1 is 0.948 bits per heavy atom. The van der Waals surface area contributed by atoms with E-state index < -0.39 is 156 Å². The number of amides is 7. The fraction of sp³-hybridized carbons (Fsp3) is 0.635. The van der Waals surface area contributed by atoms with Gasteiger partial charge in [0.15, 0.2) is 29.1 Å². The minimum Gasteiger partial charge on any atom is -0.481 e. The zero-order valence-electron chi connectivity index (χ0n) is 43.8. The Hall–Kier alpha value is -6.41. The normalized spacial score (nSPS) is 29.9. The third-order valence-corrected chi connectivity index (χ3v) is 15.8. The molecule has 5 aliphatic rings. The molecule has 1 heterocycles. The van der Waals surface area contributed by atoms with E-state index in [0.717, 1.165) is 6.08 Å². The van der Waals surface area contributed by atoms with Gasteiger partial charge in [0, 0.05) is 35.4 Å².